The first kappa shape index (κ1) is 14.0. The monoisotopic (exact) mass is 239 g/mol. The van der Waals surface area contributed by atoms with Crippen LogP contribution in [-0.2, 0) is 4.74 Å². The molecule has 0 bridgehead atoms. The van der Waals surface area contributed by atoms with Crippen LogP contribution in [0.4, 0.5) is 0 Å². The van der Waals surface area contributed by atoms with Crippen molar-refractivity contribution in [1.29, 1.82) is 0 Å². The molecule has 0 saturated heterocycles. The zero-order chi connectivity index (χ0) is 12.7. The molecule has 2 N–H and O–H groups in total. The van der Waals surface area contributed by atoms with Gasteiger partial charge in [0.25, 0.3) is 0 Å². The van der Waals surface area contributed by atoms with Crippen LogP contribution in [0.1, 0.15) is 17.2 Å². The highest BCUT2D eigenvalue weighted by atomic mass is 16.5. The van der Waals surface area contributed by atoms with E-state index in [0.717, 1.165) is 23.4 Å². The van der Waals surface area contributed by atoms with E-state index in [-0.39, 0.29) is 0 Å². The van der Waals surface area contributed by atoms with Gasteiger partial charge in [0.15, 0.2) is 0 Å². The van der Waals surface area contributed by atoms with Crippen LogP contribution < -0.4 is 10.1 Å². The first-order chi connectivity index (χ1) is 8.19. The topological polar surface area (TPSA) is 50.7 Å². The molecule has 0 spiro atoms. The Kier molecular flexibility index (Phi) is 5.97. The number of ether oxygens (including phenoxy) is 2. The summed E-state index contributed by atoms with van der Waals surface area (Å²) in [6.45, 7) is 3.88. The van der Waals surface area contributed by atoms with E-state index in [4.69, 9.17) is 9.47 Å². The Labute approximate surface area is 103 Å². The van der Waals surface area contributed by atoms with Crippen molar-refractivity contribution in [3.05, 3.63) is 29.3 Å². The Morgan fingerprint density at radius 2 is 2.12 bits per heavy atom. The summed E-state index contributed by atoms with van der Waals surface area (Å²) in [6.07, 6.45) is -0.502. The Bertz CT molecular complexity index is 341. The molecule has 0 aliphatic carbocycles. The Hall–Kier alpha value is -1.10. The van der Waals surface area contributed by atoms with Gasteiger partial charge in [-0.2, -0.15) is 0 Å². The number of nitrogens with one attached hydrogen (secondary N) is 1. The molecular formula is C13H21NO3. The van der Waals surface area contributed by atoms with Crippen molar-refractivity contribution in [3.63, 3.8) is 0 Å². The van der Waals surface area contributed by atoms with Crippen LogP contribution >= 0.6 is 0 Å². The van der Waals surface area contributed by atoms with Gasteiger partial charge in [-0.05, 0) is 30.2 Å². The van der Waals surface area contributed by atoms with Gasteiger partial charge in [-0.25, -0.2) is 0 Å². The first-order valence-electron chi connectivity index (χ1n) is 5.71. The number of aliphatic hydroxyl groups is 1. The minimum atomic E-state index is -0.502. The Balaban J connectivity index is 2.53. The molecule has 1 atom stereocenters. The first-order valence-corrected chi connectivity index (χ1v) is 5.71. The standard InChI is InChI=1S/C13H21NO3/c1-10-8-11(17-3)4-5-12(10)13(15)9-14-6-7-16-2/h4-5,8,13-15H,6-7,9H2,1-3H3. The second kappa shape index (κ2) is 7.27. The molecule has 0 heterocycles. The summed E-state index contributed by atoms with van der Waals surface area (Å²) < 4.78 is 10.1. The van der Waals surface area contributed by atoms with Crippen LogP contribution in [0, 0.1) is 6.92 Å². The van der Waals surface area contributed by atoms with Gasteiger partial charge in [0.1, 0.15) is 5.75 Å². The molecule has 4 nitrogen and oxygen atoms in total. The van der Waals surface area contributed by atoms with Crippen molar-refractivity contribution >= 4 is 0 Å². The lowest BCUT2D eigenvalue weighted by molar-refractivity contribution is 0.161. The average Bonchev–Trinajstić information content (AvgIpc) is 2.34. The van der Waals surface area contributed by atoms with Crippen molar-refractivity contribution in [1.82, 2.24) is 5.32 Å². The van der Waals surface area contributed by atoms with Crippen LogP contribution in [0.3, 0.4) is 0 Å². The molecule has 0 aromatic heterocycles. The molecule has 1 aromatic rings. The summed E-state index contributed by atoms with van der Waals surface area (Å²) in [7, 11) is 3.29. The predicted octanol–water partition coefficient (Wildman–Crippen LogP) is 1.27. The van der Waals surface area contributed by atoms with Gasteiger partial charge in [-0.15, -0.1) is 0 Å². The van der Waals surface area contributed by atoms with Gasteiger partial charge in [0.05, 0.1) is 19.8 Å². The van der Waals surface area contributed by atoms with E-state index >= 15 is 0 Å². The van der Waals surface area contributed by atoms with Crippen molar-refractivity contribution in [3.8, 4) is 5.75 Å². The van der Waals surface area contributed by atoms with E-state index < -0.39 is 6.10 Å². The van der Waals surface area contributed by atoms with E-state index in [1.807, 2.05) is 25.1 Å². The molecule has 0 saturated carbocycles. The van der Waals surface area contributed by atoms with Gasteiger partial charge in [-0.3, -0.25) is 0 Å². The molecular weight excluding hydrogens is 218 g/mol. The van der Waals surface area contributed by atoms with Gasteiger partial charge in [0, 0.05) is 20.2 Å². The highest BCUT2D eigenvalue weighted by Crippen LogP contribution is 2.21. The smallest absolute Gasteiger partial charge is 0.119 e. The van der Waals surface area contributed by atoms with Crippen LogP contribution in [0.2, 0.25) is 0 Å². The number of rotatable bonds is 7. The van der Waals surface area contributed by atoms with Crippen molar-refractivity contribution in [2.24, 2.45) is 0 Å². The molecule has 0 radical (unpaired) electrons. The molecule has 0 fully saturated rings. The lowest BCUT2D eigenvalue weighted by Crippen LogP contribution is -2.25. The summed E-state index contributed by atoms with van der Waals surface area (Å²) in [4.78, 5) is 0. The predicted molar refractivity (Wildman–Crippen MR) is 67.4 cm³/mol. The molecule has 1 rings (SSSR count). The summed E-state index contributed by atoms with van der Waals surface area (Å²) in [5.41, 5.74) is 1.96. The molecule has 1 aromatic carbocycles. The van der Waals surface area contributed by atoms with E-state index in [9.17, 15) is 5.11 Å². The van der Waals surface area contributed by atoms with E-state index in [1.54, 1.807) is 14.2 Å². The summed E-state index contributed by atoms with van der Waals surface area (Å²) in [5, 5.41) is 13.2. The maximum atomic E-state index is 10.0. The van der Waals surface area contributed by atoms with Gasteiger partial charge >= 0.3 is 0 Å². The number of hydrogen-bond acceptors (Lipinski definition) is 4. The van der Waals surface area contributed by atoms with Gasteiger partial charge in [-0.1, -0.05) is 6.07 Å². The van der Waals surface area contributed by atoms with Crippen LogP contribution in [0.5, 0.6) is 5.75 Å². The second-order valence-electron chi connectivity index (χ2n) is 3.94. The van der Waals surface area contributed by atoms with Crippen LogP contribution in [-0.4, -0.2) is 39.0 Å². The third-order valence-corrected chi connectivity index (χ3v) is 2.66. The van der Waals surface area contributed by atoms with Crippen LogP contribution in [0.15, 0.2) is 18.2 Å². The SMILES string of the molecule is COCCNCC(O)c1ccc(OC)cc1C. The highest BCUT2D eigenvalue weighted by molar-refractivity contribution is 5.36. The third kappa shape index (κ3) is 4.34. The zero-order valence-corrected chi connectivity index (χ0v) is 10.7. The lowest BCUT2D eigenvalue weighted by Gasteiger charge is -2.15. The van der Waals surface area contributed by atoms with Gasteiger partial charge in [0.2, 0.25) is 0 Å². The summed E-state index contributed by atoms with van der Waals surface area (Å²) in [6, 6.07) is 5.69. The highest BCUT2D eigenvalue weighted by Gasteiger charge is 2.10. The number of aliphatic hydroxyl groups excluding tert-OH is 1. The fourth-order valence-electron chi connectivity index (χ4n) is 1.67. The summed E-state index contributed by atoms with van der Waals surface area (Å²) in [5.74, 6) is 0.811. The largest absolute Gasteiger partial charge is 0.497 e. The Morgan fingerprint density at radius 1 is 1.35 bits per heavy atom. The lowest BCUT2D eigenvalue weighted by atomic mass is 10.0. The zero-order valence-electron chi connectivity index (χ0n) is 10.7. The van der Waals surface area contributed by atoms with Gasteiger partial charge < -0.3 is 19.9 Å². The quantitative estimate of drug-likeness (QED) is 0.704. The summed E-state index contributed by atoms with van der Waals surface area (Å²) >= 11 is 0. The van der Waals surface area contributed by atoms with Crippen molar-refractivity contribution < 1.29 is 14.6 Å². The normalized spacial score (nSPS) is 12.5. The number of hydrogen-bond donors (Lipinski definition) is 2. The molecule has 1 unspecified atom stereocenters. The molecule has 0 aliphatic rings. The van der Waals surface area contributed by atoms with Crippen molar-refractivity contribution in [2.75, 3.05) is 33.9 Å². The minimum Gasteiger partial charge on any atom is -0.497 e. The fourth-order valence-corrected chi connectivity index (χ4v) is 1.67. The van der Waals surface area contributed by atoms with Crippen molar-refractivity contribution in [2.45, 2.75) is 13.0 Å². The minimum absolute atomic E-state index is 0.502. The molecule has 0 amide bonds. The molecule has 96 valence electrons. The maximum Gasteiger partial charge on any atom is 0.119 e. The average molecular weight is 239 g/mol. The Morgan fingerprint density at radius 3 is 2.71 bits per heavy atom. The maximum absolute atomic E-state index is 10.0. The second-order valence-corrected chi connectivity index (χ2v) is 3.94. The molecule has 0 aliphatic heterocycles. The number of methoxy groups -OCH3 is 2. The van der Waals surface area contributed by atoms with E-state index in [0.29, 0.717) is 13.2 Å². The number of benzene rings is 1. The number of aryl methyl sites for hydroxylation is 1. The van der Waals surface area contributed by atoms with Crippen LogP contribution in [0.25, 0.3) is 0 Å². The van der Waals surface area contributed by atoms with E-state index in [2.05, 4.69) is 5.32 Å². The molecule has 4 heteroatoms. The fraction of sp³-hybridized carbons (Fsp3) is 0.538. The van der Waals surface area contributed by atoms with E-state index in [1.165, 1.54) is 0 Å². The third-order valence-electron chi connectivity index (χ3n) is 2.66. The molecule has 17 heavy (non-hydrogen) atoms.